The molecule has 29 heavy (non-hydrogen) atoms. The maximum atomic E-state index is 13.2. The first-order chi connectivity index (χ1) is 13.9. The van der Waals surface area contributed by atoms with Crippen LogP contribution in [-0.4, -0.2) is 35.3 Å². The van der Waals surface area contributed by atoms with E-state index in [9.17, 15) is 14.4 Å². The van der Waals surface area contributed by atoms with E-state index in [1.54, 1.807) is 54.9 Å². The van der Waals surface area contributed by atoms with Gasteiger partial charge in [-0.05, 0) is 31.4 Å². The van der Waals surface area contributed by atoms with Gasteiger partial charge in [0.2, 0.25) is 4.32 Å². The number of para-hydroxylation sites is 1. The van der Waals surface area contributed by atoms with Crippen LogP contribution < -0.4 is 0 Å². The lowest BCUT2D eigenvalue weighted by molar-refractivity contribution is -0.158. The van der Waals surface area contributed by atoms with E-state index >= 15 is 0 Å². The Balaban J connectivity index is 2.12. The van der Waals surface area contributed by atoms with Crippen LogP contribution in [0.1, 0.15) is 35.5 Å². The summed E-state index contributed by atoms with van der Waals surface area (Å²) >= 11 is 4.63. The third-order valence-electron chi connectivity index (χ3n) is 4.28. The van der Waals surface area contributed by atoms with E-state index in [4.69, 9.17) is 13.9 Å². The molecule has 6 nitrogen and oxygen atoms in total. The van der Waals surface area contributed by atoms with E-state index in [-0.39, 0.29) is 31.2 Å². The van der Waals surface area contributed by atoms with Gasteiger partial charge in [-0.1, -0.05) is 34.1 Å². The Bertz CT molecular complexity index is 1020. The lowest BCUT2D eigenvalue weighted by atomic mass is 9.96. The number of hydrogen-bond donors (Lipinski definition) is 0. The second-order valence-corrected chi connectivity index (χ2v) is 8.29. The highest BCUT2D eigenvalue weighted by molar-refractivity contribution is 9.10. The monoisotopic (exact) mass is 478 g/mol. The summed E-state index contributed by atoms with van der Waals surface area (Å²) in [5.41, 5.74) is 1.32. The molecule has 0 amide bonds. The van der Waals surface area contributed by atoms with E-state index in [1.807, 2.05) is 0 Å². The summed E-state index contributed by atoms with van der Waals surface area (Å²) in [6.07, 6.45) is -0.232. The molecule has 0 saturated heterocycles. The number of carbonyl (C=O) groups excluding carboxylic acids is 3. The molecule has 2 heterocycles. The Hall–Kier alpha value is -2.45. The summed E-state index contributed by atoms with van der Waals surface area (Å²) in [4.78, 5) is 38.4. The minimum Gasteiger partial charge on any atom is -0.464 e. The molecule has 2 aromatic heterocycles. The molecule has 0 spiro atoms. The zero-order valence-electron chi connectivity index (χ0n) is 15.9. The van der Waals surface area contributed by atoms with E-state index in [1.165, 1.54) is 11.3 Å². The molecule has 3 rings (SSSR count). The number of ketones is 1. The molecular weight excluding hydrogens is 460 g/mol. The average molecular weight is 479 g/mol. The van der Waals surface area contributed by atoms with Crippen LogP contribution in [0.3, 0.4) is 0 Å². The fourth-order valence-electron chi connectivity index (χ4n) is 2.95. The van der Waals surface area contributed by atoms with Crippen molar-refractivity contribution in [2.45, 2.75) is 24.6 Å². The van der Waals surface area contributed by atoms with Crippen LogP contribution in [0.4, 0.5) is 0 Å². The van der Waals surface area contributed by atoms with Crippen LogP contribution >= 0.6 is 27.3 Å². The highest BCUT2D eigenvalue weighted by Gasteiger charge is 2.48. The predicted octanol–water partition coefficient (Wildman–Crippen LogP) is 4.53. The highest BCUT2D eigenvalue weighted by atomic mass is 79.9. The van der Waals surface area contributed by atoms with Crippen LogP contribution in [0.2, 0.25) is 0 Å². The minimum absolute atomic E-state index is 0.0897. The number of carbonyl (C=O) groups is 3. The number of rotatable bonds is 8. The van der Waals surface area contributed by atoms with Gasteiger partial charge in [-0.15, -0.1) is 0 Å². The Morgan fingerprint density at radius 3 is 2.31 bits per heavy atom. The average Bonchev–Trinajstić information content (AvgIpc) is 3.35. The zero-order chi connectivity index (χ0) is 21.0. The number of fused-ring (bicyclic) bond motifs is 1. The third kappa shape index (κ3) is 4.13. The van der Waals surface area contributed by atoms with E-state index in [0.717, 1.165) is 0 Å². The number of hydrogen-bond acceptors (Lipinski definition) is 7. The number of halogens is 1. The van der Waals surface area contributed by atoms with Crippen LogP contribution in [-0.2, 0) is 25.5 Å². The van der Waals surface area contributed by atoms with Gasteiger partial charge in [0, 0.05) is 22.8 Å². The Kier molecular flexibility index (Phi) is 6.54. The Labute approximate surface area is 179 Å². The zero-order valence-corrected chi connectivity index (χ0v) is 18.3. The van der Waals surface area contributed by atoms with Crippen molar-refractivity contribution in [1.82, 2.24) is 0 Å². The molecule has 3 aromatic rings. The van der Waals surface area contributed by atoms with Gasteiger partial charge < -0.3 is 13.9 Å². The van der Waals surface area contributed by atoms with Gasteiger partial charge >= 0.3 is 11.9 Å². The van der Waals surface area contributed by atoms with Crippen molar-refractivity contribution in [3.8, 4) is 0 Å². The molecule has 0 aliphatic rings. The van der Waals surface area contributed by atoms with Crippen molar-refractivity contribution in [1.29, 1.82) is 0 Å². The number of benzene rings is 1. The van der Waals surface area contributed by atoms with Crippen molar-refractivity contribution < 1.29 is 28.3 Å². The van der Waals surface area contributed by atoms with Crippen LogP contribution in [0.15, 0.2) is 45.5 Å². The molecule has 0 fully saturated rings. The lowest BCUT2D eigenvalue weighted by Crippen LogP contribution is -2.45. The summed E-state index contributed by atoms with van der Waals surface area (Å²) in [6, 6.07) is 8.80. The first kappa shape index (κ1) is 21.3. The van der Waals surface area contributed by atoms with E-state index in [2.05, 4.69) is 15.9 Å². The summed E-state index contributed by atoms with van der Waals surface area (Å²) in [7, 11) is 0. The summed E-state index contributed by atoms with van der Waals surface area (Å²) in [5.74, 6) is -1.63. The van der Waals surface area contributed by atoms with Crippen molar-refractivity contribution in [2.75, 3.05) is 13.2 Å². The number of thiophene rings is 1. The predicted molar refractivity (Wildman–Crippen MR) is 113 cm³/mol. The number of esters is 2. The van der Waals surface area contributed by atoms with Crippen LogP contribution in [0, 0.1) is 0 Å². The summed E-state index contributed by atoms with van der Waals surface area (Å²) < 4.78 is 14.2. The molecule has 0 N–H and O–H groups in total. The quantitative estimate of drug-likeness (QED) is 0.204. The number of furan rings is 1. The largest absolute Gasteiger partial charge is 0.464 e. The fraction of sp³-hybridized carbons (Fsp3) is 0.286. The van der Waals surface area contributed by atoms with Gasteiger partial charge in [0.25, 0.3) is 0 Å². The molecule has 0 unspecified atom stereocenters. The lowest BCUT2D eigenvalue weighted by Gasteiger charge is -2.22. The van der Waals surface area contributed by atoms with Gasteiger partial charge in [0.05, 0.1) is 18.8 Å². The van der Waals surface area contributed by atoms with Gasteiger partial charge in [0.1, 0.15) is 11.3 Å². The molecule has 0 radical (unpaired) electrons. The SMILES string of the molecule is CCOC(=O)C(Br)(Cc1oc2ccccc2c1C(=O)c1ccsc1)C(=O)OCC. The third-order valence-corrected chi connectivity index (χ3v) is 5.89. The molecule has 0 atom stereocenters. The molecule has 1 aromatic carbocycles. The molecule has 0 bridgehead atoms. The fourth-order valence-corrected chi connectivity index (χ4v) is 4.07. The van der Waals surface area contributed by atoms with Crippen LogP contribution in [0.25, 0.3) is 11.0 Å². The first-order valence-electron chi connectivity index (χ1n) is 9.03. The molecule has 0 saturated carbocycles. The van der Waals surface area contributed by atoms with Crippen molar-refractivity contribution >= 4 is 56.0 Å². The molecule has 8 heteroatoms. The highest BCUT2D eigenvalue weighted by Crippen LogP contribution is 2.35. The normalized spacial score (nSPS) is 11.4. The number of ether oxygens (including phenoxy) is 2. The topological polar surface area (TPSA) is 82.8 Å². The molecular formula is C21H19BrO6S. The standard InChI is InChI=1S/C21H19BrO6S/c1-3-26-19(24)21(22,20(25)27-4-2)11-16-17(18(23)13-9-10-29-12-13)14-7-5-6-8-15(14)28-16/h5-10,12H,3-4,11H2,1-2H3. The molecule has 152 valence electrons. The van der Waals surface area contributed by atoms with Crippen molar-refractivity contribution in [2.24, 2.45) is 0 Å². The van der Waals surface area contributed by atoms with Gasteiger partial charge in [0.15, 0.2) is 5.78 Å². The van der Waals surface area contributed by atoms with Gasteiger partial charge in [-0.2, -0.15) is 11.3 Å². The minimum atomic E-state index is -1.82. The molecule has 0 aliphatic heterocycles. The second kappa shape index (κ2) is 8.92. The van der Waals surface area contributed by atoms with E-state index < -0.39 is 16.3 Å². The summed E-state index contributed by atoms with van der Waals surface area (Å²) in [5, 5.41) is 4.16. The van der Waals surface area contributed by atoms with Gasteiger partial charge in [-0.3, -0.25) is 4.79 Å². The summed E-state index contributed by atoms with van der Waals surface area (Å²) in [6.45, 7) is 3.46. The second-order valence-electron chi connectivity index (χ2n) is 6.16. The first-order valence-corrected chi connectivity index (χ1v) is 10.8. The smallest absolute Gasteiger partial charge is 0.334 e. The van der Waals surface area contributed by atoms with Crippen molar-refractivity contribution in [3.63, 3.8) is 0 Å². The van der Waals surface area contributed by atoms with Crippen LogP contribution in [0.5, 0.6) is 0 Å². The molecule has 0 aliphatic carbocycles. The van der Waals surface area contributed by atoms with Crippen molar-refractivity contribution in [3.05, 3.63) is 58.0 Å². The Morgan fingerprint density at radius 1 is 1.07 bits per heavy atom. The van der Waals surface area contributed by atoms with Gasteiger partial charge in [-0.25, -0.2) is 9.59 Å². The van der Waals surface area contributed by atoms with E-state index in [0.29, 0.717) is 22.1 Å². The number of alkyl halides is 1. The maximum absolute atomic E-state index is 13.2. The maximum Gasteiger partial charge on any atom is 0.334 e. The Morgan fingerprint density at radius 2 is 1.72 bits per heavy atom.